The molecule has 0 aliphatic heterocycles. The number of thioether (sulfide) groups is 1. The third-order valence-electron chi connectivity index (χ3n) is 4.81. The molecule has 3 N–H and O–H groups in total. The number of nitrogens with zero attached hydrogens (tertiary/aromatic N) is 3. The Morgan fingerprint density at radius 3 is 2.53 bits per heavy atom. The van der Waals surface area contributed by atoms with Crippen LogP contribution < -0.4 is 10.0 Å². The van der Waals surface area contributed by atoms with E-state index in [0.29, 0.717) is 30.0 Å². The van der Waals surface area contributed by atoms with Gasteiger partial charge in [0.2, 0.25) is 5.91 Å². The minimum Gasteiger partial charge on any atom is -0.333 e. The number of para-hydroxylation sites is 2. The number of benzene rings is 2. The number of amides is 1. The molecule has 0 unspecified atom stereocenters. The van der Waals surface area contributed by atoms with E-state index in [4.69, 9.17) is 0 Å². The van der Waals surface area contributed by atoms with Gasteiger partial charge < -0.3 is 10.3 Å². The van der Waals surface area contributed by atoms with Crippen LogP contribution in [0.5, 0.6) is 0 Å². The lowest BCUT2D eigenvalue weighted by Gasteiger charge is -2.10. The minimum atomic E-state index is -3.81. The first-order valence-corrected chi connectivity index (χ1v) is 13.1. The van der Waals surface area contributed by atoms with Crippen LogP contribution in [0.15, 0.2) is 64.6 Å². The number of nitrogens with one attached hydrogen (secondary N) is 3. The first-order chi connectivity index (χ1) is 16.3. The molecule has 0 radical (unpaired) electrons. The zero-order valence-electron chi connectivity index (χ0n) is 18.7. The van der Waals surface area contributed by atoms with Crippen LogP contribution in [-0.2, 0) is 14.8 Å². The standard InChI is InChI=1S/C23H24N6O3S2/c1-15-14-21(25-16(2)24-15)29-34(31,32)18-11-9-17(10-12-18)26-22(30)8-5-13-33-23-27-19-6-3-4-7-20(19)28-23/h3-4,6-7,9-12,14H,5,8,13H2,1-2H3,(H,26,30)(H,27,28)(H,24,25,29). The van der Waals surface area contributed by atoms with Crippen molar-refractivity contribution in [2.75, 3.05) is 15.8 Å². The molecule has 0 saturated carbocycles. The second-order valence-corrected chi connectivity index (χ2v) is 10.4. The second kappa shape index (κ2) is 10.2. The highest BCUT2D eigenvalue weighted by atomic mass is 32.2. The zero-order valence-corrected chi connectivity index (χ0v) is 20.3. The average molecular weight is 497 g/mol. The van der Waals surface area contributed by atoms with Gasteiger partial charge in [0.05, 0.1) is 15.9 Å². The van der Waals surface area contributed by atoms with Gasteiger partial charge in [-0.15, -0.1) is 0 Å². The third-order valence-corrected chi connectivity index (χ3v) is 7.14. The van der Waals surface area contributed by atoms with Crippen molar-refractivity contribution >= 4 is 50.2 Å². The molecule has 2 aromatic carbocycles. The van der Waals surface area contributed by atoms with Gasteiger partial charge in [0.25, 0.3) is 10.0 Å². The number of aryl methyl sites for hydroxylation is 2. The van der Waals surface area contributed by atoms with E-state index in [2.05, 4.69) is 30.0 Å². The van der Waals surface area contributed by atoms with Crippen LogP contribution in [0.1, 0.15) is 24.4 Å². The van der Waals surface area contributed by atoms with E-state index in [9.17, 15) is 13.2 Å². The highest BCUT2D eigenvalue weighted by Gasteiger charge is 2.16. The van der Waals surface area contributed by atoms with Gasteiger partial charge in [-0.1, -0.05) is 23.9 Å². The van der Waals surface area contributed by atoms with Gasteiger partial charge in [0, 0.05) is 29.6 Å². The lowest BCUT2D eigenvalue weighted by molar-refractivity contribution is -0.116. The SMILES string of the molecule is Cc1cc(NS(=O)(=O)c2ccc(NC(=O)CCCSc3nc4ccccc4[nH]3)cc2)nc(C)n1. The number of carbonyl (C=O) groups is 1. The zero-order chi connectivity index (χ0) is 24.1. The predicted octanol–water partition coefficient (Wildman–Crippen LogP) is 4.28. The molecule has 0 saturated heterocycles. The van der Waals surface area contributed by atoms with E-state index in [1.807, 2.05) is 24.3 Å². The lowest BCUT2D eigenvalue weighted by atomic mass is 10.3. The molecule has 1 amide bonds. The molecule has 0 spiro atoms. The summed E-state index contributed by atoms with van der Waals surface area (Å²) in [6.07, 6.45) is 1.03. The van der Waals surface area contributed by atoms with Gasteiger partial charge >= 0.3 is 0 Å². The Labute approximate surface area is 201 Å². The van der Waals surface area contributed by atoms with Gasteiger partial charge in [-0.2, -0.15) is 0 Å². The summed E-state index contributed by atoms with van der Waals surface area (Å²) in [6, 6.07) is 15.4. The number of imidazole rings is 1. The number of H-pyrrole nitrogens is 1. The number of fused-ring (bicyclic) bond motifs is 1. The third kappa shape index (κ3) is 6.12. The summed E-state index contributed by atoms with van der Waals surface area (Å²) < 4.78 is 27.7. The van der Waals surface area contributed by atoms with E-state index in [-0.39, 0.29) is 16.6 Å². The van der Waals surface area contributed by atoms with Crippen LogP contribution in [0, 0.1) is 13.8 Å². The van der Waals surface area contributed by atoms with Crippen LogP contribution >= 0.6 is 11.8 Å². The van der Waals surface area contributed by atoms with Crippen LogP contribution in [0.4, 0.5) is 11.5 Å². The lowest BCUT2D eigenvalue weighted by Crippen LogP contribution is -2.15. The van der Waals surface area contributed by atoms with Crippen LogP contribution in [0.3, 0.4) is 0 Å². The summed E-state index contributed by atoms with van der Waals surface area (Å²) >= 11 is 1.57. The number of anilines is 2. The number of sulfonamides is 1. The fourth-order valence-electron chi connectivity index (χ4n) is 3.31. The first-order valence-electron chi connectivity index (χ1n) is 10.6. The van der Waals surface area contributed by atoms with E-state index >= 15 is 0 Å². The molecular weight excluding hydrogens is 472 g/mol. The van der Waals surface area contributed by atoms with E-state index < -0.39 is 10.0 Å². The topological polar surface area (TPSA) is 130 Å². The summed E-state index contributed by atoms with van der Waals surface area (Å²) in [5.41, 5.74) is 3.11. The van der Waals surface area contributed by atoms with Gasteiger partial charge in [-0.25, -0.2) is 23.4 Å². The highest BCUT2D eigenvalue weighted by Crippen LogP contribution is 2.21. The molecule has 9 nitrogen and oxygen atoms in total. The number of aromatic amines is 1. The van der Waals surface area contributed by atoms with Crippen molar-refractivity contribution in [3.63, 3.8) is 0 Å². The molecule has 2 aromatic heterocycles. The maximum atomic E-state index is 12.6. The number of rotatable bonds is 9. The number of hydrogen-bond acceptors (Lipinski definition) is 7. The predicted molar refractivity (Wildman–Crippen MR) is 133 cm³/mol. The summed E-state index contributed by atoms with van der Waals surface area (Å²) in [6.45, 7) is 3.46. The molecule has 4 rings (SSSR count). The molecule has 4 aromatic rings. The fraction of sp³-hybridized carbons (Fsp3) is 0.217. The molecule has 2 heterocycles. The van der Waals surface area contributed by atoms with Crippen LogP contribution in [0.25, 0.3) is 11.0 Å². The van der Waals surface area contributed by atoms with E-state index in [1.165, 1.54) is 12.1 Å². The fourth-order valence-corrected chi connectivity index (χ4v) is 5.13. The molecule has 0 fully saturated rings. The van der Waals surface area contributed by atoms with Crippen molar-refractivity contribution in [1.29, 1.82) is 0 Å². The van der Waals surface area contributed by atoms with E-state index in [1.54, 1.807) is 43.8 Å². The maximum Gasteiger partial charge on any atom is 0.263 e. The largest absolute Gasteiger partial charge is 0.333 e. The molecule has 11 heteroatoms. The van der Waals surface area contributed by atoms with Gasteiger partial charge in [-0.05, 0) is 56.7 Å². The van der Waals surface area contributed by atoms with Crippen molar-refractivity contribution < 1.29 is 13.2 Å². The second-order valence-electron chi connectivity index (χ2n) is 7.63. The number of aromatic nitrogens is 4. The summed E-state index contributed by atoms with van der Waals surface area (Å²) in [4.78, 5) is 28.3. The quantitative estimate of drug-likeness (QED) is 0.233. The Kier molecular flexibility index (Phi) is 7.13. The Morgan fingerprint density at radius 1 is 1.03 bits per heavy atom. The van der Waals surface area contributed by atoms with Gasteiger partial charge in [0.1, 0.15) is 11.6 Å². The Balaban J connectivity index is 1.26. The van der Waals surface area contributed by atoms with Gasteiger partial charge in [-0.3, -0.25) is 9.52 Å². The molecule has 0 bridgehead atoms. The number of carbonyl (C=O) groups excluding carboxylic acids is 1. The molecule has 0 aliphatic rings. The molecule has 0 aliphatic carbocycles. The van der Waals surface area contributed by atoms with Crippen molar-refractivity contribution in [2.24, 2.45) is 0 Å². The first kappa shape index (κ1) is 23.7. The Hall–Kier alpha value is -3.44. The van der Waals surface area contributed by atoms with Crippen molar-refractivity contribution in [3.8, 4) is 0 Å². The summed E-state index contributed by atoms with van der Waals surface area (Å²) in [7, 11) is -3.81. The molecule has 0 atom stereocenters. The molecular formula is C23H24N6O3S2. The van der Waals surface area contributed by atoms with Gasteiger partial charge in [0.15, 0.2) is 5.16 Å². The summed E-state index contributed by atoms with van der Waals surface area (Å²) in [5, 5.41) is 3.63. The average Bonchev–Trinajstić information content (AvgIpc) is 3.19. The van der Waals surface area contributed by atoms with Crippen LogP contribution in [-0.4, -0.2) is 40.0 Å². The minimum absolute atomic E-state index is 0.0710. The number of hydrogen-bond donors (Lipinski definition) is 3. The summed E-state index contributed by atoms with van der Waals surface area (Å²) in [5.74, 6) is 1.30. The Bertz CT molecular complexity index is 1370. The van der Waals surface area contributed by atoms with Crippen molar-refractivity contribution in [1.82, 2.24) is 19.9 Å². The maximum absolute atomic E-state index is 12.6. The Morgan fingerprint density at radius 2 is 1.79 bits per heavy atom. The van der Waals surface area contributed by atoms with Crippen molar-refractivity contribution in [3.05, 3.63) is 66.1 Å². The normalized spacial score (nSPS) is 11.5. The monoisotopic (exact) mass is 496 g/mol. The smallest absolute Gasteiger partial charge is 0.263 e. The highest BCUT2D eigenvalue weighted by molar-refractivity contribution is 7.99. The molecule has 176 valence electrons. The van der Waals surface area contributed by atoms with Crippen molar-refractivity contribution in [2.45, 2.75) is 36.7 Å². The molecule has 34 heavy (non-hydrogen) atoms. The van der Waals surface area contributed by atoms with Crippen LogP contribution in [0.2, 0.25) is 0 Å². The van der Waals surface area contributed by atoms with E-state index in [0.717, 1.165) is 21.9 Å².